The van der Waals surface area contributed by atoms with E-state index < -0.39 is 18.0 Å². The molecule has 0 radical (unpaired) electrons. The van der Waals surface area contributed by atoms with Crippen LogP contribution in [-0.4, -0.2) is 35.3 Å². The summed E-state index contributed by atoms with van der Waals surface area (Å²) < 4.78 is 5.23. The summed E-state index contributed by atoms with van der Waals surface area (Å²) in [6, 6.07) is 0.625. The van der Waals surface area contributed by atoms with Crippen LogP contribution < -0.4 is 16.0 Å². The van der Waals surface area contributed by atoms with Crippen LogP contribution in [-0.2, 0) is 9.53 Å². The van der Waals surface area contributed by atoms with Gasteiger partial charge in [0, 0.05) is 69.5 Å². The Kier molecular flexibility index (Phi) is 6.56. The van der Waals surface area contributed by atoms with E-state index >= 15 is 0 Å². The molecular weight excluding hydrogens is 500 g/mol. The lowest BCUT2D eigenvalue weighted by Crippen LogP contribution is -2.37. The van der Waals surface area contributed by atoms with Gasteiger partial charge in [0.2, 0.25) is 0 Å². The number of esters is 1. The number of aliphatic hydroxyl groups is 1. The zero-order chi connectivity index (χ0) is 28.6. The average Bonchev–Trinajstić information content (AvgIpc) is 3.66. The Labute approximate surface area is 237 Å². The van der Waals surface area contributed by atoms with Crippen molar-refractivity contribution in [3.8, 4) is 0 Å². The second kappa shape index (κ2) is 9.72. The number of aliphatic hydroxyl groups excluding tert-OH is 1. The summed E-state index contributed by atoms with van der Waals surface area (Å²) >= 11 is 0. The predicted octanol–water partition coefficient (Wildman–Crippen LogP) is 5.34. The number of carbonyl (C=O) groups excluding carboxylic acids is 1. The van der Waals surface area contributed by atoms with Crippen LogP contribution in [0.3, 0.4) is 0 Å². The van der Waals surface area contributed by atoms with Crippen molar-refractivity contribution in [2.45, 2.75) is 85.9 Å². The Bertz CT molecular complexity index is 1440. The molecule has 0 saturated carbocycles. The molecule has 5 heterocycles. The van der Waals surface area contributed by atoms with Gasteiger partial charge in [0.15, 0.2) is 0 Å². The van der Waals surface area contributed by atoms with Crippen LogP contribution in [0.1, 0.15) is 89.4 Å². The molecule has 1 fully saturated rings. The first kappa shape index (κ1) is 27.0. The minimum atomic E-state index is -0.968. The molecule has 7 atom stereocenters. The van der Waals surface area contributed by atoms with Gasteiger partial charge in [-0.1, -0.05) is 27.7 Å². The lowest BCUT2D eigenvalue weighted by atomic mass is 9.87. The molecule has 5 aliphatic rings. The van der Waals surface area contributed by atoms with Gasteiger partial charge in [-0.15, -0.1) is 0 Å². The van der Waals surface area contributed by atoms with Crippen LogP contribution in [0.2, 0.25) is 0 Å². The number of rotatable bonds is 3. The SMILES string of the molecule is CCC1=C(C)C2CC3NC(=C(C)[C@H]3CC)/C=C3\N/C(=C4\c5[nH]c(c(C)c5[C@H](O)[C@@H]4C(=O)OC)/C=C/1N2)[C@@H](C)[C@@H]3C. The van der Waals surface area contributed by atoms with Crippen molar-refractivity contribution in [3.05, 3.63) is 68.1 Å². The zero-order valence-corrected chi connectivity index (χ0v) is 25.1. The number of allylic oxidation sites excluding steroid dienone is 4. The summed E-state index contributed by atoms with van der Waals surface area (Å²) in [7, 11) is 1.40. The fourth-order valence-electron chi connectivity index (χ4n) is 7.97. The molecule has 1 aromatic rings. The first-order valence-electron chi connectivity index (χ1n) is 15.0. The Morgan fingerprint density at radius 2 is 1.82 bits per heavy atom. The van der Waals surface area contributed by atoms with Crippen molar-refractivity contribution in [2.75, 3.05) is 7.11 Å². The van der Waals surface area contributed by atoms with Crippen molar-refractivity contribution < 1.29 is 14.6 Å². The first-order chi connectivity index (χ1) is 19.1. The van der Waals surface area contributed by atoms with Gasteiger partial charge < -0.3 is 30.8 Å². The first-order valence-corrected chi connectivity index (χ1v) is 15.0. The summed E-state index contributed by atoms with van der Waals surface area (Å²) in [6.07, 6.45) is 6.59. The van der Waals surface area contributed by atoms with Crippen molar-refractivity contribution in [3.63, 3.8) is 0 Å². The molecule has 7 heteroatoms. The molecule has 2 unspecified atom stereocenters. The van der Waals surface area contributed by atoms with Crippen LogP contribution in [0.25, 0.3) is 11.6 Å². The zero-order valence-electron chi connectivity index (χ0n) is 25.1. The molecule has 0 aromatic carbocycles. The smallest absolute Gasteiger partial charge is 0.316 e. The van der Waals surface area contributed by atoms with Gasteiger partial charge in [0.1, 0.15) is 5.92 Å². The van der Waals surface area contributed by atoms with Gasteiger partial charge in [0.05, 0.1) is 18.9 Å². The summed E-state index contributed by atoms with van der Waals surface area (Å²) in [4.78, 5) is 16.8. The molecule has 1 aliphatic carbocycles. The largest absolute Gasteiger partial charge is 0.468 e. The second-order valence-electron chi connectivity index (χ2n) is 12.4. The molecule has 4 aliphatic heterocycles. The van der Waals surface area contributed by atoms with Crippen LogP contribution >= 0.6 is 0 Å². The second-order valence-corrected chi connectivity index (χ2v) is 12.4. The minimum Gasteiger partial charge on any atom is -0.468 e. The van der Waals surface area contributed by atoms with E-state index in [0.29, 0.717) is 12.0 Å². The summed E-state index contributed by atoms with van der Waals surface area (Å²) in [5, 5.41) is 23.1. The van der Waals surface area contributed by atoms with Crippen LogP contribution in [0.4, 0.5) is 0 Å². The van der Waals surface area contributed by atoms with Gasteiger partial charge in [-0.3, -0.25) is 4.79 Å². The van der Waals surface area contributed by atoms with E-state index in [4.69, 9.17) is 4.74 Å². The number of nitrogens with one attached hydrogen (secondary N) is 4. The predicted molar refractivity (Wildman–Crippen MR) is 158 cm³/mol. The Hall–Kier alpha value is -3.19. The van der Waals surface area contributed by atoms with Gasteiger partial charge in [-0.2, -0.15) is 0 Å². The van der Waals surface area contributed by atoms with E-state index in [2.05, 4.69) is 74.6 Å². The minimum absolute atomic E-state index is 0.141. The molecule has 40 heavy (non-hydrogen) atoms. The maximum atomic E-state index is 13.1. The lowest BCUT2D eigenvalue weighted by molar-refractivity contribution is -0.146. The number of H-pyrrole nitrogens is 1. The van der Waals surface area contributed by atoms with Crippen molar-refractivity contribution in [1.29, 1.82) is 0 Å². The number of hydrogen-bond donors (Lipinski definition) is 5. The van der Waals surface area contributed by atoms with Crippen molar-refractivity contribution >= 4 is 17.6 Å². The third-order valence-electron chi connectivity index (χ3n) is 10.6. The summed E-state index contributed by atoms with van der Waals surface area (Å²) in [5.41, 5.74) is 13.1. The number of hydrogen-bond acceptors (Lipinski definition) is 6. The van der Waals surface area contributed by atoms with E-state index in [-0.39, 0.29) is 17.9 Å². The summed E-state index contributed by atoms with van der Waals surface area (Å²) in [5.74, 6) is -0.339. The van der Waals surface area contributed by atoms with E-state index in [1.807, 2.05) is 6.92 Å². The molecule has 214 valence electrons. The van der Waals surface area contributed by atoms with Gasteiger partial charge >= 0.3 is 5.97 Å². The standard InChI is InChI=1S/C33H44N4O3/c1-9-19-16(5)22-11-21-14(3)15(4)30(36-21)28-29(33(39)40-8)32(38)27-18(7)24(37-31(27)28)13-26-20(10-2)17(6)23(35-26)12-25(19)34-22/h11,13-15,19,23,25,29,32,34-38H,9-10,12H2,1-8H3/b21-11-,26-13-,30-28-/t14-,15-,19+,23?,25?,29+,32-/m0/s1. The number of aromatic amines is 1. The molecule has 0 spiro atoms. The quantitative estimate of drug-likeness (QED) is 0.330. The number of methoxy groups -OCH3 is 1. The average molecular weight is 545 g/mol. The highest BCUT2D eigenvalue weighted by atomic mass is 16.5. The normalized spacial score (nSPS) is 37.1. The highest BCUT2D eigenvalue weighted by molar-refractivity contribution is 5.95. The van der Waals surface area contributed by atoms with Crippen LogP contribution in [0.15, 0.2) is 45.6 Å². The third-order valence-corrected chi connectivity index (χ3v) is 10.6. The van der Waals surface area contributed by atoms with Crippen LogP contribution in [0.5, 0.6) is 0 Å². The number of ether oxygens (including phenoxy) is 1. The molecule has 6 rings (SSSR count). The summed E-state index contributed by atoms with van der Waals surface area (Å²) in [6.45, 7) is 15.5. The van der Waals surface area contributed by atoms with Crippen molar-refractivity contribution in [1.82, 2.24) is 20.9 Å². The molecule has 1 saturated heterocycles. The number of fused-ring (bicyclic) bond motifs is 7. The van der Waals surface area contributed by atoms with Gasteiger partial charge in [0.25, 0.3) is 0 Å². The van der Waals surface area contributed by atoms with E-state index in [9.17, 15) is 9.90 Å². The van der Waals surface area contributed by atoms with Crippen molar-refractivity contribution in [2.24, 2.45) is 23.7 Å². The Morgan fingerprint density at radius 1 is 1.07 bits per heavy atom. The van der Waals surface area contributed by atoms with E-state index in [1.54, 1.807) is 0 Å². The molecule has 8 bridgehead atoms. The highest BCUT2D eigenvalue weighted by Gasteiger charge is 2.48. The number of carbonyl (C=O) groups is 1. The highest BCUT2D eigenvalue weighted by Crippen LogP contribution is 2.52. The fourth-order valence-corrected chi connectivity index (χ4v) is 7.97. The lowest BCUT2D eigenvalue weighted by Gasteiger charge is -2.25. The van der Waals surface area contributed by atoms with Gasteiger partial charge in [-0.25, -0.2) is 0 Å². The molecule has 0 amide bonds. The molecule has 7 nitrogen and oxygen atoms in total. The van der Waals surface area contributed by atoms with E-state index in [1.165, 1.54) is 29.5 Å². The maximum Gasteiger partial charge on any atom is 0.316 e. The maximum absolute atomic E-state index is 13.1. The fraction of sp³-hybridized carbons (Fsp3) is 0.545. The molecule has 5 N–H and O–H groups in total. The van der Waals surface area contributed by atoms with Gasteiger partial charge in [-0.05, 0) is 74.5 Å². The van der Waals surface area contributed by atoms with Crippen LogP contribution in [0, 0.1) is 30.6 Å². The number of aromatic nitrogens is 1. The Morgan fingerprint density at radius 3 is 2.50 bits per heavy atom. The van der Waals surface area contributed by atoms with E-state index in [0.717, 1.165) is 64.4 Å². The third kappa shape index (κ3) is 3.76. The Balaban J connectivity index is 1.60. The monoisotopic (exact) mass is 544 g/mol. The molecular formula is C33H44N4O3. The topological polar surface area (TPSA) is 98.4 Å². The molecule has 1 aromatic heterocycles.